The van der Waals surface area contributed by atoms with Crippen LogP contribution in [0.15, 0.2) is 24.4 Å². The van der Waals surface area contributed by atoms with E-state index in [0.717, 1.165) is 11.0 Å². The molecule has 16 heavy (non-hydrogen) atoms. The zero-order valence-electron chi connectivity index (χ0n) is 7.76. The molecule has 0 aliphatic heterocycles. The Hall–Kier alpha value is -1.59. The van der Waals surface area contributed by atoms with E-state index in [9.17, 15) is 4.79 Å². The van der Waals surface area contributed by atoms with Crippen LogP contribution in [-0.2, 0) is 0 Å². The summed E-state index contributed by atoms with van der Waals surface area (Å²) in [7, 11) is 0. The van der Waals surface area contributed by atoms with E-state index < -0.39 is 5.97 Å². The van der Waals surface area contributed by atoms with Gasteiger partial charge in [0.05, 0.1) is 11.9 Å². The molecule has 0 bridgehead atoms. The van der Waals surface area contributed by atoms with Crippen molar-refractivity contribution in [2.45, 2.75) is 0 Å². The highest BCUT2D eigenvalue weighted by Crippen LogP contribution is 2.20. The summed E-state index contributed by atoms with van der Waals surface area (Å²) in [5.41, 5.74) is 0.362. The molecule has 1 aromatic heterocycles. The molecule has 0 radical (unpaired) electrons. The van der Waals surface area contributed by atoms with Crippen molar-refractivity contribution in [1.29, 1.82) is 0 Å². The topological polar surface area (TPSA) is 68.0 Å². The van der Waals surface area contributed by atoms with Gasteiger partial charge in [-0.15, -0.1) is 5.10 Å². The summed E-state index contributed by atoms with van der Waals surface area (Å²) in [5, 5.41) is 17.1. The second-order valence-electron chi connectivity index (χ2n) is 2.95. The van der Waals surface area contributed by atoms with Crippen molar-refractivity contribution in [1.82, 2.24) is 15.0 Å². The van der Waals surface area contributed by atoms with Crippen molar-refractivity contribution >= 4 is 29.2 Å². The molecule has 1 N–H and O–H groups in total. The number of hydrogen-bond acceptors (Lipinski definition) is 3. The third kappa shape index (κ3) is 2.15. The average molecular weight is 258 g/mol. The third-order valence-electron chi connectivity index (χ3n) is 1.79. The van der Waals surface area contributed by atoms with Crippen molar-refractivity contribution in [3.8, 4) is 5.69 Å². The van der Waals surface area contributed by atoms with Gasteiger partial charge in [-0.2, -0.15) is 9.90 Å². The monoisotopic (exact) mass is 257 g/mol. The smallest absolute Gasteiger partial charge is 0.358 e. The Kier molecular flexibility index (Phi) is 2.80. The van der Waals surface area contributed by atoms with E-state index in [1.165, 1.54) is 0 Å². The minimum absolute atomic E-state index is 0.143. The van der Waals surface area contributed by atoms with Crippen LogP contribution in [0.1, 0.15) is 10.5 Å². The summed E-state index contributed by atoms with van der Waals surface area (Å²) in [6.07, 6.45) is 1.15. The van der Waals surface area contributed by atoms with Crippen LogP contribution in [0.2, 0.25) is 10.0 Å². The molecule has 5 nitrogen and oxygen atoms in total. The fourth-order valence-corrected chi connectivity index (χ4v) is 1.65. The van der Waals surface area contributed by atoms with Gasteiger partial charge in [0.25, 0.3) is 0 Å². The van der Waals surface area contributed by atoms with E-state index in [2.05, 4.69) is 10.2 Å². The summed E-state index contributed by atoms with van der Waals surface area (Å²) in [6.45, 7) is 0. The number of hydrogen-bond donors (Lipinski definition) is 1. The van der Waals surface area contributed by atoms with Gasteiger partial charge in [0.1, 0.15) is 0 Å². The van der Waals surface area contributed by atoms with Gasteiger partial charge < -0.3 is 5.11 Å². The first-order valence-electron chi connectivity index (χ1n) is 4.18. The van der Waals surface area contributed by atoms with Gasteiger partial charge in [0, 0.05) is 10.0 Å². The first-order valence-corrected chi connectivity index (χ1v) is 4.94. The van der Waals surface area contributed by atoms with Gasteiger partial charge in [-0.3, -0.25) is 0 Å². The van der Waals surface area contributed by atoms with E-state index in [4.69, 9.17) is 28.3 Å². The fraction of sp³-hybridized carbons (Fsp3) is 0. The molecule has 0 spiro atoms. The summed E-state index contributed by atoms with van der Waals surface area (Å²) in [5.74, 6) is -1.14. The Bertz CT molecular complexity index is 533. The molecule has 2 rings (SSSR count). The molecular formula is C9H5Cl2N3O2. The van der Waals surface area contributed by atoms with Crippen LogP contribution >= 0.6 is 23.2 Å². The van der Waals surface area contributed by atoms with Gasteiger partial charge in [0.15, 0.2) is 5.69 Å². The van der Waals surface area contributed by atoms with Crippen LogP contribution in [0.25, 0.3) is 5.69 Å². The maximum absolute atomic E-state index is 10.6. The number of carboxylic acid groups (broad SMARTS) is 1. The molecule has 0 fully saturated rings. The van der Waals surface area contributed by atoms with Gasteiger partial charge in [-0.25, -0.2) is 4.79 Å². The molecule has 0 saturated heterocycles. The highest BCUT2D eigenvalue weighted by Gasteiger charge is 2.09. The fourth-order valence-electron chi connectivity index (χ4n) is 1.14. The minimum atomic E-state index is -1.14. The quantitative estimate of drug-likeness (QED) is 0.897. The highest BCUT2D eigenvalue weighted by molar-refractivity contribution is 6.34. The molecule has 7 heteroatoms. The van der Waals surface area contributed by atoms with Crippen molar-refractivity contribution < 1.29 is 9.90 Å². The van der Waals surface area contributed by atoms with E-state index >= 15 is 0 Å². The molecular weight excluding hydrogens is 253 g/mol. The van der Waals surface area contributed by atoms with Crippen LogP contribution in [0.5, 0.6) is 0 Å². The number of carboxylic acids is 1. The van der Waals surface area contributed by atoms with E-state index in [-0.39, 0.29) is 5.69 Å². The highest BCUT2D eigenvalue weighted by atomic mass is 35.5. The first-order chi connectivity index (χ1) is 7.56. The number of aromatic nitrogens is 3. The lowest BCUT2D eigenvalue weighted by molar-refractivity contribution is 0.0690. The Morgan fingerprint density at radius 2 is 1.88 bits per heavy atom. The van der Waals surface area contributed by atoms with Crippen molar-refractivity contribution in [2.75, 3.05) is 0 Å². The van der Waals surface area contributed by atoms with Gasteiger partial charge in [0.2, 0.25) is 0 Å². The molecule has 1 aromatic carbocycles. The number of halogens is 2. The lowest BCUT2D eigenvalue weighted by Gasteiger charge is -2.00. The molecule has 0 unspecified atom stereocenters. The normalized spacial score (nSPS) is 10.4. The second-order valence-corrected chi connectivity index (χ2v) is 3.82. The maximum atomic E-state index is 10.6. The van der Waals surface area contributed by atoms with Gasteiger partial charge in [-0.05, 0) is 18.2 Å². The largest absolute Gasteiger partial charge is 0.476 e. The van der Waals surface area contributed by atoms with E-state index in [0.29, 0.717) is 15.7 Å². The Labute approximate surface area is 100 Å². The van der Waals surface area contributed by atoms with Crippen molar-refractivity contribution in [2.24, 2.45) is 0 Å². The Morgan fingerprint density at radius 3 is 2.38 bits per heavy atom. The molecule has 0 aliphatic carbocycles. The molecule has 0 saturated carbocycles. The van der Waals surface area contributed by atoms with Crippen LogP contribution in [0.3, 0.4) is 0 Å². The van der Waals surface area contributed by atoms with Crippen LogP contribution < -0.4 is 0 Å². The molecule has 0 amide bonds. The number of nitrogens with zero attached hydrogens (tertiary/aromatic N) is 3. The summed E-state index contributed by atoms with van der Waals surface area (Å²) >= 11 is 11.6. The van der Waals surface area contributed by atoms with E-state index in [1.54, 1.807) is 18.2 Å². The van der Waals surface area contributed by atoms with Gasteiger partial charge >= 0.3 is 5.97 Å². The first kappa shape index (κ1) is 10.9. The maximum Gasteiger partial charge on any atom is 0.358 e. The molecule has 82 valence electrons. The molecule has 1 heterocycles. The summed E-state index contributed by atoms with van der Waals surface area (Å²) < 4.78 is 0. The Morgan fingerprint density at radius 1 is 1.25 bits per heavy atom. The Balaban J connectivity index is 2.46. The summed E-state index contributed by atoms with van der Waals surface area (Å²) in [4.78, 5) is 11.8. The number of aromatic carboxylic acids is 1. The summed E-state index contributed by atoms with van der Waals surface area (Å²) in [6, 6.07) is 4.73. The zero-order chi connectivity index (χ0) is 11.7. The molecule has 2 aromatic rings. The minimum Gasteiger partial charge on any atom is -0.476 e. The standard InChI is InChI=1S/C9H5Cl2N3O2/c10-5-1-6(11)3-7(2-5)14-12-4-8(13-14)9(15)16/h1-4H,(H,15,16). The molecule has 0 atom stereocenters. The van der Waals surface area contributed by atoms with Crippen molar-refractivity contribution in [3.63, 3.8) is 0 Å². The number of carbonyl (C=O) groups is 1. The third-order valence-corrected chi connectivity index (χ3v) is 2.23. The van der Waals surface area contributed by atoms with Gasteiger partial charge in [-0.1, -0.05) is 23.2 Å². The average Bonchev–Trinajstić information content (AvgIpc) is 2.64. The lowest BCUT2D eigenvalue weighted by atomic mass is 10.3. The van der Waals surface area contributed by atoms with Crippen LogP contribution in [0.4, 0.5) is 0 Å². The predicted molar refractivity (Wildman–Crippen MR) is 58.3 cm³/mol. The molecule has 0 aliphatic rings. The lowest BCUT2D eigenvalue weighted by Crippen LogP contribution is -2.02. The number of rotatable bonds is 2. The SMILES string of the molecule is O=C(O)c1cnn(-c2cc(Cl)cc(Cl)c2)n1. The van der Waals surface area contributed by atoms with E-state index in [1.807, 2.05) is 0 Å². The number of benzene rings is 1. The van der Waals surface area contributed by atoms with Crippen LogP contribution in [0, 0.1) is 0 Å². The van der Waals surface area contributed by atoms with Crippen molar-refractivity contribution in [3.05, 3.63) is 40.1 Å². The zero-order valence-corrected chi connectivity index (χ0v) is 9.27. The van der Waals surface area contributed by atoms with Crippen LogP contribution in [-0.4, -0.2) is 26.1 Å². The predicted octanol–water partition coefficient (Wildman–Crippen LogP) is 2.27. The second kappa shape index (κ2) is 4.11.